The second-order valence-electron chi connectivity index (χ2n) is 5.24. The van der Waals surface area contributed by atoms with Gasteiger partial charge < -0.3 is 9.64 Å². The smallest absolute Gasteiger partial charge is 0.137 e. The lowest BCUT2D eigenvalue weighted by Crippen LogP contribution is -2.36. The third kappa shape index (κ3) is 3.66. The summed E-state index contributed by atoms with van der Waals surface area (Å²) in [4.78, 5) is 7.10. The molecule has 0 fully saturated rings. The van der Waals surface area contributed by atoms with Crippen LogP contribution in [0.25, 0.3) is 10.8 Å². The first kappa shape index (κ1) is 16.1. The van der Waals surface area contributed by atoms with Crippen LogP contribution >= 0.6 is 11.6 Å². The Balaban J connectivity index is 2.53. The predicted octanol–water partition coefficient (Wildman–Crippen LogP) is 4.22. The molecule has 1 heterocycles. The molecule has 0 saturated heterocycles. The van der Waals surface area contributed by atoms with E-state index in [0.717, 1.165) is 24.5 Å². The van der Waals surface area contributed by atoms with E-state index in [1.54, 1.807) is 7.11 Å². The normalized spacial score (nSPS) is 12.6. The minimum atomic E-state index is 0.404. The van der Waals surface area contributed by atoms with Crippen molar-refractivity contribution in [3.63, 3.8) is 0 Å². The molecule has 0 aliphatic rings. The van der Waals surface area contributed by atoms with Gasteiger partial charge in [-0.15, -0.1) is 11.6 Å². The Morgan fingerprint density at radius 3 is 2.76 bits per heavy atom. The SMILES string of the molecule is CCC(C)N(CCOC)c1nc(CCl)cc2ccccc12. The lowest BCUT2D eigenvalue weighted by atomic mass is 10.1. The lowest BCUT2D eigenvalue weighted by molar-refractivity contribution is 0.203. The largest absolute Gasteiger partial charge is 0.383 e. The van der Waals surface area contributed by atoms with Crippen molar-refractivity contribution in [3.05, 3.63) is 36.0 Å². The van der Waals surface area contributed by atoms with Crippen LogP contribution in [-0.4, -0.2) is 31.3 Å². The Morgan fingerprint density at radius 2 is 2.10 bits per heavy atom. The number of ether oxygens (including phenoxy) is 1. The van der Waals surface area contributed by atoms with Crippen LogP contribution in [0.3, 0.4) is 0 Å². The minimum absolute atomic E-state index is 0.404. The number of halogens is 1. The van der Waals surface area contributed by atoms with Crippen molar-refractivity contribution >= 4 is 28.2 Å². The fourth-order valence-electron chi connectivity index (χ4n) is 2.47. The molecule has 114 valence electrons. The summed E-state index contributed by atoms with van der Waals surface area (Å²) >= 11 is 6.02. The molecular weight excluding hydrogens is 284 g/mol. The molecule has 0 saturated carbocycles. The zero-order valence-corrected chi connectivity index (χ0v) is 13.7. The van der Waals surface area contributed by atoms with E-state index in [2.05, 4.69) is 43.0 Å². The molecule has 1 unspecified atom stereocenters. The average molecular weight is 307 g/mol. The molecule has 1 aromatic heterocycles. The number of aromatic nitrogens is 1. The van der Waals surface area contributed by atoms with Gasteiger partial charge in [-0.1, -0.05) is 31.2 Å². The molecule has 3 nitrogen and oxygen atoms in total. The number of alkyl halides is 1. The van der Waals surface area contributed by atoms with E-state index in [4.69, 9.17) is 21.3 Å². The number of nitrogens with zero attached hydrogens (tertiary/aromatic N) is 2. The summed E-state index contributed by atoms with van der Waals surface area (Å²) in [5, 5.41) is 2.35. The monoisotopic (exact) mass is 306 g/mol. The molecular formula is C17H23ClN2O. The van der Waals surface area contributed by atoms with E-state index >= 15 is 0 Å². The lowest BCUT2D eigenvalue weighted by Gasteiger charge is -2.31. The second-order valence-corrected chi connectivity index (χ2v) is 5.50. The van der Waals surface area contributed by atoms with Gasteiger partial charge in [0, 0.05) is 25.1 Å². The highest BCUT2D eigenvalue weighted by Crippen LogP contribution is 2.28. The highest BCUT2D eigenvalue weighted by Gasteiger charge is 2.17. The van der Waals surface area contributed by atoms with Crippen LogP contribution < -0.4 is 4.90 Å². The van der Waals surface area contributed by atoms with Crippen LogP contribution in [0.5, 0.6) is 0 Å². The summed E-state index contributed by atoms with van der Waals surface area (Å²) in [5.41, 5.74) is 0.913. The van der Waals surface area contributed by atoms with Crippen molar-refractivity contribution in [2.24, 2.45) is 0 Å². The molecule has 0 amide bonds. The number of methoxy groups -OCH3 is 1. The summed E-state index contributed by atoms with van der Waals surface area (Å²) in [6.07, 6.45) is 1.06. The zero-order valence-electron chi connectivity index (χ0n) is 13.0. The van der Waals surface area contributed by atoms with Crippen molar-refractivity contribution in [1.29, 1.82) is 0 Å². The Kier molecular flexibility index (Phi) is 5.83. The van der Waals surface area contributed by atoms with Crippen molar-refractivity contribution < 1.29 is 4.74 Å². The van der Waals surface area contributed by atoms with Gasteiger partial charge in [-0.3, -0.25) is 0 Å². The zero-order chi connectivity index (χ0) is 15.2. The maximum atomic E-state index is 6.02. The molecule has 0 spiro atoms. The molecule has 2 aromatic rings. The van der Waals surface area contributed by atoms with Crippen LogP contribution in [-0.2, 0) is 10.6 Å². The minimum Gasteiger partial charge on any atom is -0.383 e. The third-order valence-corrected chi connectivity index (χ3v) is 4.12. The van der Waals surface area contributed by atoms with Gasteiger partial charge in [-0.2, -0.15) is 0 Å². The van der Waals surface area contributed by atoms with Gasteiger partial charge in [0.15, 0.2) is 0 Å². The molecule has 0 radical (unpaired) electrons. The third-order valence-electron chi connectivity index (χ3n) is 3.84. The first-order valence-corrected chi connectivity index (χ1v) is 7.94. The van der Waals surface area contributed by atoms with E-state index in [1.165, 1.54) is 10.8 Å². The number of rotatable bonds is 7. The van der Waals surface area contributed by atoms with Gasteiger partial charge in [0.25, 0.3) is 0 Å². The molecule has 0 aliphatic heterocycles. The number of benzene rings is 1. The van der Waals surface area contributed by atoms with E-state index in [1.807, 2.05) is 6.07 Å². The number of anilines is 1. The Morgan fingerprint density at radius 1 is 1.33 bits per heavy atom. The fraction of sp³-hybridized carbons (Fsp3) is 0.471. The number of hydrogen-bond acceptors (Lipinski definition) is 3. The highest BCUT2D eigenvalue weighted by molar-refractivity contribution is 6.17. The summed E-state index contributed by atoms with van der Waals surface area (Å²) in [7, 11) is 1.73. The quantitative estimate of drug-likeness (QED) is 0.716. The van der Waals surface area contributed by atoms with E-state index in [0.29, 0.717) is 18.5 Å². The average Bonchev–Trinajstić information content (AvgIpc) is 2.54. The first-order chi connectivity index (χ1) is 10.2. The predicted molar refractivity (Wildman–Crippen MR) is 90.3 cm³/mol. The number of hydrogen-bond donors (Lipinski definition) is 0. The molecule has 1 aromatic carbocycles. The van der Waals surface area contributed by atoms with E-state index in [-0.39, 0.29) is 0 Å². The molecule has 0 aliphatic carbocycles. The van der Waals surface area contributed by atoms with Crippen molar-refractivity contribution in [2.45, 2.75) is 32.2 Å². The van der Waals surface area contributed by atoms with Gasteiger partial charge in [-0.05, 0) is 24.8 Å². The van der Waals surface area contributed by atoms with E-state index in [9.17, 15) is 0 Å². The summed E-state index contributed by atoms with van der Waals surface area (Å²) in [6, 6.07) is 10.8. The molecule has 0 bridgehead atoms. The maximum Gasteiger partial charge on any atom is 0.137 e. The topological polar surface area (TPSA) is 25.4 Å². The standard InChI is InChI=1S/C17H23ClN2O/c1-4-13(2)20(9-10-21-3)17-16-8-6-5-7-14(16)11-15(12-18)19-17/h5-8,11,13H,4,9-10,12H2,1-3H3. The number of fused-ring (bicyclic) bond motifs is 1. The van der Waals surface area contributed by atoms with Crippen molar-refractivity contribution in [2.75, 3.05) is 25.2 Å². The van der Waals surface area contributed by atoms with Gasteiger partial charge in [0.1, 0.15) is 5.82 Å². The first-order valence-electron chi connectivity index (χ1n) is 7.41. The molecule has 1 atom stereocenters. The number of pyridine rings is 1. The second kappa shape index (κ2) is 7.62. The molecule has 4 heteroatoms. The van der Waals surface area contributed by atoms with Gasteiger partial charge in [0.05, 0.1) is 18.2 Å². The highest BCUT2D eigenvalue weighted by atomic mass is 35.5. The van der Waals surface area contributed by atoms with Crippen LogP contribution in [0.4, 0.5) is 5.82 Å². The Hall–Kier alpha value is -1.32. The van der Waals surface area contributed by atoms with Gasteiger partial charge in [-0.25, -0.2) is 4.98 Å². The van der Waals surface area contributed by atoms with Crippen LogP contribution in [0.1, 0.15) is 26.0 Å². The van der Waals surface area contributed by atoms with Crippen LogP contribution in [0.2, 0.25) is 0 Å². The fourth-order valence-corrected chi connectivity index (χ4v) is 2.60. The van der Waals surface area contributed by atoms with Crippen LogP contribution in [0.15, 0.2) is 30.3 Å². The van der Waals surface area contributed by atoms with Gasteiger partial charge >= 0.3 is 0 Å². The molecule has 0 N–H and O–H groups in total. The summed E-state index contributed by atoms with van der Waals surface area (Å²) < 4.78 is 5.26. The van der Waals surface area contributed by atoms with Gasteiger partial charge in [0.2, 0.25) is 0 Å². The Labute approximate surface area is 131 Å². The van der Waals surface area contributed by atoms with Crippen molar-refractivity contribution in [1.82, 2.24) is 4.98 Å². The van der Waals surface area contributed by atoms with Crippen LogP contribution in [0, 0.1) is 0 Å². The maximum absolute atomic E-state index is 6.02. The molecule has 21 heavy (non-hydrogen) atoms. The summed E-state index contributed by atoms with van der Waals surface area (Å²) in [5.74, 6) is 1.44. The van der Waals surface area contributed by atoms with Crippen molar-refractivity contribution in [3.8, 4) is 0 Å². The Bertz CT molecular complexity index is 588. The van der Waals surface area contributed by atoms with E-state index < -0.39 is 0 Å². The summed E-state index contributed by atoms with van der Waals surface area (Å²) in [6.45, 7) is 5.93. The molecule has 2 rings (SSSR count).